The SMILES string of the molecule is [NH3+]C(=O)C(=CO)c1ccc(F)cc1. The van der Waals surface area contributed by atoms with Gasteiger partial charge >= 0.3 is 5.91 Å². The smallest absolute Gasteiger partial charge is 0.344 e. The quantitative estimate of drug-likeness (QED) is 0.516. The van der Waals surface area contributed by atoms with Gasteiger partial charge in [-0.3, -0.25) is 5.73 Å². The second-order valence-electron chi connectivity index (χ2n) is 2.47. The van der Waals surface area contributed by atoms with Crippen LogP contribution in [0.3, 0.4) is 0 Å². The summed E-state index contributed by atoms with van der Waals surface area (Å²) in [6.07, 6.45) is 0.669. The molecule has 0 aliphatic heterocycles. The van der Waals surface area contributed by atoms with Crippen molar-refractivity contribution in [3.8, 4) is 0 Å². The number of quaternary nitrogens is 1. The van der Waals surface area contributed by atoms with Crippen LogP contribution >= 0.6 is 0 Å². The van der Waals surface area contributed by atoms with Crippen LogP contribution in [-0.4, -0.2) is 11.0 Å². The molecule has 0 aliphatic rings. The molecule has 0 atom stereocenters. The number of rotatable bonds is 2. The number of halogens is 1. The second-order valence-corrected chi connectivity index (χ2v) is 2.47. The first-order valence-electron chi connectivity index (χ1n) is 3.61. The average Bonchev–Trinajstić information content (AvgIpc) is 2.09. The second kappa shape index (κ2) is 3.82. The van der Waals surface area contributed by atoms with E-state index in [1.165, 1.54) is 24.3 Å². The highest BCUT2D eigenvalue weighted by atomic mass is 19.1. The van der Waals surface area contributed by atoms with Crippen LogP contribution in [-0.2, 0) is 4.79 Å². The number of aliphatic hydroxyl groups excluding tert-OH is 1. The van der Waals surface area contributed by atoms with E-state index in [1.54, 1.807) is 0 Å². The molecule has 0 saturated heterocycles. The van der Waals surface area contributed by atoms with Crippen LogP contribution in [0.5, 0.6) is 0 Å². The van der Waals surface area contributed by atoms with Crippen molar-refractivity contribution in [2.24, 2.45) is 0 Å². The summed E-state index contributed by atoms with van der Waals surface area (Å²) in [5.74, 6) is -0.897. The Balaban J connectivity index is 3.07. The van der Waals surface area contributed by atoms with E-state index in [0.29, 0.717) is 11.8 Å². The van der Waals surface area contributed by atoms with E-state index in [4.69, 9.17) is 5.11 Å². The summed E-state index contributed by atoms with van der Waals surface area (Å²) in [5.41, 5.74) is 3.67. The molecule has 0 aliphatic carbocycles. The molecule has 1 aromatic rings. The summed E-state index contributed by atoms with van der Waals surface area (Å²) < 4.78 is 12.5. The average molecular weight is 182 g/mol. The van der Waals surface area contributed by atoms with Crippen LogP contribution < -0.4 is 5.73 Å². The molecule has 0 heterocycles. The lowest BCUT2D eigenvalue weighted by atomic mass is 10.1. The van der Waals surface area contributed by atoms with Crippen LogP contribution in [0.4, 0.5) is 4.39 Å². The molecule has 1 rings (SSSR count). The minimum Gasteiger partial charge on any atom is -0.515 e. The number of hydrogen-bond acceptors (Lipinski definition) is 2. The van der Waals surface area contributed by atoms with Crippen molar-refractivity contribution in [1.82, 2.24) is 0 Å². The number of hydrogen-bond donors (Lipinski definition) is 2. The Kier molecular flexibility index (Phi) is 2.76. The van der Waals surface area contributed by atoms with Gasteiger partial charge in [-0.15, -0.1) is 0 Å². The lowest BCUT2D eigenvalue weighted by Crippen LogP contribution is -2.57. The lowest BCUT2D eigenvalue weighted by Gasteiger charge is -1.98. The summed E-state index contributed by atoms with van der Waals surface area (Å²) in [6, 6.07) is 5.23. The molecule has 0 fully saturated rings. The number of aliphatic hydroxyl groups is 1. The van der Waals surface area contributed by atoms with E-state index in [9.17, 15) is 9.18 Å². The van der Waals surface area contributed by atoms with Crippen LogP contribution in [0, 0.1) is 5.82 Å². The Hall–Kier alpha value is -1.68. The van der Waals surface area contributed by atoms with Gasteiger partial charge in [0.15, 0.2) is 0 Å². The predicted octanol–water partition coefficient (Wildman–Crippen LogP) is 0.493. The summed E-state index contributed by atoms with van der Waals surface area (Å²) >= 11 is 0. The number of amides is 1. The molecular weight excluding hydrogens is 173 g/mol. The zero-order valence-electron chi connectivity index (χ0n) is 6.83. The first-order chi connectivity index (χ1) is 6.15. The molecule has 1 amide bonds. The zero-order chi connectivity index (χ0) is 9.84. The molecule has 0 saturated carbocycles. The van der Waals surface area contributed by atoms with Gasteiger partial charge in [-0.2, -0.15) is 0 Å². The third-order valence-corrected chi connectivity index (χ3v) is 1.58. The molecule has 68 valence electrons. The van der Waals surface area contributed by atoms with Crippen molar-refractivity contribution in [2.45, 2.75) is 0 Å². The minimum atomic E-state index is -0.505. The van der Waals surface area contributed by atoms with Gasteiger partial charge in [0.1, 0.15) is 11.4 Å². The lowest BCUT2D eigenvalue weighted by molar-refractivity contribution is -0.295. The minimum absolute atomic E-state index is 0.0694. The van der Waals surface area contributed by atoms with E-state index in [0.717, 1.165) is 0 Å². The fourth-order valence-electron chi connectivity index (χ4n) is 0.937. The van der Waals surface area contributed by atoms with Gasteiger partial charge in [0.05, 0.1) is 6.26 Å². The van der Waals surface area contributed by atoms with Crippen molar-refractivity contribution in [3.63, 3.8) is 0 Å². The fourth-order valence-corrected chi connectivity index (χ4v) is 0.937. The highest BCUT2D eigenvalue weighted by molar-refractivity contribution is 6.13. The van der Waals surface area contributed by atoms with Crippen LogP contribution in [0.1, 0.15) is 5.56 Å². The standard InChI is InChI=1S/C9H8FNO2/c10-7-3-1-6(2-4-7)8(5-12)9(11)13/h1-5,12H,(H2,11,13)/p+1. The molecular formula is C9H9FNO2+. The van der Waals surface area contributed by atoms with E-state index in [2.05, 4.69) is 5.73 Å². The van der Waals surface area contributed by atoms with E-state index >= 15 is 0 Å². The fraction of sp³-hybridized carbons (Fsp3) is 0. The monoisotopic (exact) mass is 182 g/mol. The van der Waals surface area contributed by atoms with E-state index < -0.39 is 11.7 Å². The van der Waals surface area contributed by atoms with Crippen LogP contribution in [0.15, 0.2) is 30.5 Å². The molecule has 13 heavy (non-hydrogen) atoms. The van der Waals surface area contributed by atoms with Crippen LogP contribution in [0.25, 0.3) is 5.57 Å². The predicted molar refractivity (Wildman–Crippen MR) is 44.9 cm³/mol. The van der Waals surface area contributed by atoms with Gasteiger partial charge < -0.3 is 5.11 Å². The Morgan fingerprint density at radius 1 is 1.38 bits per heavy atom. The van der Waals surface area contributed by atoms with Gasteiger partial charge in [0.2, 0.25) is 0 Å². The Labute approximate surface area is 74.3 Å². The first-order valence-corrected chi connectivity index (χ1v) is 3.61. The van der Waals surface area contributed by atoms with E-state index in [1.807, 2.05) is 0 Å². The summed E-state index contributed by atoms with van der Waals surface area (Å²) in [4.78, 5) is 10.8. The molecule has 0 unspecified atom stereocenters. The van der Waals surface area contributed by atoms with Crippen molar-refractivity contribution in [3.05, 3.63) is 41.9 Å². The van der Waals surface area contributed by atoms with Crippen LogP contribution in [0.2, 0.25) is 0 Å². The van der Waals surface area contributed by atoms with Crippen molar-refractivity contribution >= 4 is 11.5 Å². The Morgan fingerprint density at radius 2 is 1.92 bits per heavy atom. The molecule has 0 spiro atoms. The number of benzene rings is 1. The maximum Gasteiger partial charge on any atom is 0.344 e. The van der Waals surface area contributed by atoms with Crippen molar-refractivity contribution in [1.29, 1.82) is 0 Å². The third-order valence-electron chi connectivity index (χ3n) is 1.58. The zero-order valence-corrected chi connectivity index (χ0v) is 6.83. The molecule has 0 radical (unpaired) electrons. The van der Waals surface area contributed by atoms with Crippen molar-refractivity contribution < 1.29 is 20.0 Å². The largest absolute Gasteiger partial charge is 0.515 e. The van der Waals surface area contributed by atoms with Gasteiger partial charge in [0, 0.05) is 0 Å². The van der Waals surface area contributed by atoms with Gasteiger partial charge in [-0.05, 0) is 17.7 Å². The van der Waals surface area contributed by atoms with Gasteiger partial charge in [-0.1, -0.05) is 12.1 Å². The molecule has 4 N–H and O–H groups in total. The van der Waals surface area contributed by atoms with Gasteiger partial charge in [0.25, 0.3) is 0 Å². The normalized spacial score (nSPS) is 11.4. The maximum atomic E-state index is 12.5. The summed E-state index contributed by atoms with van der Waals surface area (Å²) in [7, 11) is 0. The number of carbonyl (C=O) groups excluding carboxylic acids is 1. The number of carbonyl (C=O) groups is 1. The Bertz CT molecular complexity index is 343. The molecule has 0 aromatic heterocycles. The molecule has 3 nitrogen and oxygen atoms in total. The first kappa shape index (κ1) is 9.41. The van der Waals surface area contributed by atoms with E-state index in [-0.39, 0.29) is 5.57 Å². The molecule has 1 aromatic carbocycles. The summed E-state index contributed by atoms with van der Waals surface area (Å²) in [6.45, 7) is 0. The Morgan fingerprint density at radius 3 is 2.31 bits per heavy atom. The maximum absolute atomic E-state index is 12.5. The molecule has 4 heteroatoms. The summed E-state index contributed by atoms with van der Waals surface area (Å²) in [5, 5.41) is 8.70. The van der Waals surface area contributed by atoms with Crippen molar-refractivity contribution in [2.75, 3.05) is 0 Å². The highest BCUT2D eigenvalue weighted by Gasteiger charge is 2.11. The topological polar surface area (TPSA) is 64.9 Å². The molecule has 0 bridgehead atoms. The van der Waals surface area contributed by atoms with Gasteiger partial charge in [-0.25, -0.2) is 9.18 Å². The highest BCUT2D eigenvalue weighted by Crippen LogP contribution is 2.12. The third kappa shape index (κ3) is 2.13.